The number of hydrogen-bond donors (Lipinski definition) is 4. The van der Waals surface area contributed by atoms with E-state index in [4.69, 9.17) is 5.73 Å². The molecule has 1 aromatic carbocycles. The first-order valence-corrected chi connectivity index (χ1v) is 6.29. The van der Waals surface area contributed by atoms with Crippen molar-refractivity contribution in [2.24, 2.45) is 0 Å². The summed E-state index contributed by atoms with van der Waals surface area (Å²) in [6, 6.07) is 7.36. The normalized spacial score (nSPS) is 11.7. The van der Waals surface area contributed by atoms with Crippen LogP contribution in [0, 0.1) is 0 Å². The maximum absolute atomic E-state index is 9.50. The predicted molar refractivity (Wildman–Crippen MR) is 77.0 cm³/mol. The molecule has 0 aliphatic heterocycles. The van der Waals surface area contributed by atoms with Crippen LogP contribution in [0.1, 0.15) is 13.3 Å². The zero-order valence-electron chi connectivity index (χ0n) is 10.9. The zero-order chi connectivity index (χ0) is 13.9. The van der Waals surface area contributed by atoms with Crippen LogP contribution in [0.15, 0.2) is 30.5 Å². The monoisotopic (exact) mass is 261 g/mol. The molecule has 19 heavy (non-hydrogen) atoms. The summed E-state index contributed by atoms with van der Waals surface area (Å²) in [5, 5.41) is 23.1. The van der Waals surface area contributed by atoms with E-state index < -0.39 is 5.54 Å². The van der Waals surface area contributed by atoms with Crippen LogP contribution in [0.25, 0.3) is 10.9 Å². The smallest absolute Gasteiger partial charge is 0.0951 e. The number of nitrogens with zero attached hydrogens (tertiary/aromatic N) is 1. The summed E-state index contributed by atoms with van der Waals surface area (Å²) in [7, 11) is 0. The lowest BCUT2D eigenvalue weighted by Gasteiger charge is -2.31. The minimum atomic E-state index is -0.737. The molecule has 2 rings (SSSR count). The Labute approximate surface area is 112 Å². The number of benzene rings is 1. The quantitative estimate of drug-likeness (QED) is 0.610. The van der Waals surface area contributed by atoms with E-state index >= 15 is 0 Å². The van der Waals surface area contributed by atoms with Crippen molar-refractivity contribution in [3.8, 4) is 0 Å². The first kappa shape index (κ1) is 13.6. The fraction of sp³-hybridized carbons (Fsp3) is 0.357. The maximum Gasteiger partial charge on any atom is 0.0951 e. The molecule has 0 aliphatic carbocycles. The van der Waals surface area contributed by atoms with Crippen LogP contribution in [-0.2, 0) is 0 Å². The van der Waals surface area contributed by atoms with E-state index in [0.717, 1.165) is 11.1 Å². The van der Waals surface area contributed by atoms with Crippen molar-refractivity contribution < 1.29 is 10.2 Å². The third-order valence-electron chi connectivity index (χ3n) is 3.48. The standard InChI is InChI=1S/C14H19N3O2/c1-2-14(8-18,9-19)17-12-6-5-11(15)13-10(12)4-3-7-16-13/h3-7,17-19H,2,8-9,15H2,1H3. The van der Waals surface area contributed by atoms with Crippen LogP contribution in [0.4, 0.5) is 11.4 Å². The lowest BCUT2D eigenvalue weighted by molar-refractivity contribution is 0.132. The van der Waals surface area contributed by atoms with Gasteiger partial charge in [0.2, 0.25) is 0 Å². The molecule has 0 bridgehead atoms. The molecule has 0 saturated carbocycles. The van der Waals surface area contributed by atoms with Gasteiger partial charge in [-0.2, -0.15) is 0 Å². The van der Waals surface area contributed by atoms with Gasteiger partial charge >= 0.3 is 0 Å². The summed E-state index contributed by atoms with van der Waals surface area (Å²) >= 11 is 0. The van der Waals surface area contributed by atoms with E-state index in [2.05, 4.69) is 10.3 Å². The highest BCUT2D eigenvalue weighted by Crippen LogP contribution is 2.29. The van der Waals surface area contributed by atoms with Gasteiger partial charge in [0.25, 0.3) is 0 Å². The Balaban J connectivity index is 2.49. The average Bonchev–Trinajstić information content (AvgIpc) is 2.48. The molecule has 1 heterocycles. The molecule has 0 atom stereocenters. The van der Waals surface area contributed by atoms with Gasteiger partial charge in [0.15, 0.2) is 0 Å². The van der Waals surface area contributed by atoms with E-state index in [1.165, 1.54) is 0 Å². The molecule has 0 saturated heterocycles. The third-order valence-corrected chi connectivity index (χ3v) is 3.48. The average molecular weight is 261 g/mol. The number of nitrogens with two attached hydrogens (primary N) is 1. The molecule has 0 unspecified atom stereocenters. The molecule has 0 radical (unpaired) electrons. The molecular formula is C14H19N3O2. The van der Waals surface area contributed by atoms with Crippen LogP contribution in [-0.4, -0.2) is 33.9 Å². The predicted octanol–water partition coefficient (Wildman–Crippen LogP) is 1.36. The van der Waals surface area contributed by atoms with Crippen LogP contribution >= 0.6 is 0 Å². The highest BCUT2D eigenvalue weighted by molar-refractivity contribution is 5.98. The molecule has 0 amide bonds. The van der Waals surface area contributed by atoms with Crippen molar-refractivity contribution >= 4 is 22.3 Å². The SMILES string of the molecule is CCC(CO)(CO)Nc1ccc(N)c2ncccc12. The Morgan fingerprint density at radius 1 is 1.26 bits per heavy atom. The number of anilines is 2. The van der Waals surface area contributed by atoms with Gasteiger partial charge in [-0.1, -0.05) is 6.92 Å². The topological polar surface area (TPSA) is 91.4 Å². The number of fused-ring (bicyclic) bond motifs is 1. The third kappa shape index (κ3) is 2.47. The number of rotatable bonds is 5. The van der Waals surface area contributed by atoms with Gasteiger partial charge in [0.1, 0.15) is 0 Å². The molecule has 5 N–H and O–H groups in total. The fourth-order valence-corrected chi connectivity index (χ4v) is 2.03. The summed E-state index contributed by atoms with van der Waals surface area (Å²) in [6.07, 6.45) is 2.29. The molecule has 0 spiro atoms. The number of aromatic nitrogens is 1. The van der Waals surface area contributed by atoms with E-state index in [0.29, 0.717) is 17.6 Å². The van der Waals surface area contributed by atoms with Crippen molar-refractivity contribution in [2.75, 3.05) is 24.3 Å². The molecule has 0 aliphatic rings. The van der Waals surface area contributed by atoms with Gasteiger partial charge in [-0.25, -0.2) is 0 Å². The van der Waals surface area contributed by atoms with Gasteiger partial charge < -0.3 is 21.3 Å². The molecule has 102 valence electrons. The summed E-state index contributed by atoms with van der Waals surface area (Å²) in [5.41, 5.74) is 7.29. The first-order valence-electron chi connectivity index (χ1n) is 6.29. The summed E-state index contributed by atoms with van der Waals surface area (Å²) < 4.78 is 0. The molecular weight excluding hydrogens is 242 g/mol. The van der Waals surface area contributed by atoms with E-state index in [9.17, 15) is 10.2 Å². The van der Waals surface area contributed by atoms with Gasteiger partial charge in [-0.3, -0.25) is 4.98 Å². The molecule has 0 fully saturated rings. The number of aliphatic hydroxyl groups is 2. The van der Waals surface area contributed by atoms with Crippen LogP contribution in [0.2, 0.25) is 0 Å². The van der Waals surface area contributed by atoms with E-state index in [1.54, 1.807) is 12.3 Å². The van der Waals surface area contributed by atoms with E-state index in [1.807, 2.05) is 25.1 Å². The first-order chi connectivity index (χ1) is 9.15. The lowest BCUT2D eigenvalue weighted by atomic mass is 9.97. The highest BCUT2D eigenvalue weighted by Gasteiger charge is 2.26. The number of pyridine rings is 1. The van der Waals surface area contributed by atoms with Gasteiger partial charge in [0.05, 0.1) is 30.0 Å². The highest BCUT2D eigenvalue weighted by atomic mass is 16.3. The Morgan fingerprint density at radius 2 is 2.00 bits per heavy atom. The maximum atomic E-state index is 9.50. The van der Waals surface area contributed by atoms with Gasteiger partial charge in [0, 0.05) is 17.3 Å². The van der Waals surface area contributed by atoms with Gasteiger partial charge in [-0.15, -0.1) is 0 Å². The lowest BCUT2D eigenvalue weighted by Crippen LogP contribution is -2.45. The fourth-order valence-electron chi connectivity index (χ4n) is 2.03. The van der Waals surface area contributed by atoms with Crippen LogP contribution < -0.4 is 11.1 Å². The van der Waals surface area contributed by atoms with Crippen LogP contribution in [0.5, 0.6) is 0 Å². The second-order valence-corrected chi connectivity index (χ2v) is 4.68. The zero-order valence-corrected chi connectivity index (χ0v) is 10.9. The van der Waals surface area contributed by atoms with Crippen molar-refractivity contribution in [1.29, 1.82) is 0 Å². The number of nitrogens with one attached hydrogen (secondary N) is 1. The Morgan fingerprint density at radius 3 is 2.63 bits per heavy atom. The number of nitrogen functional groups attached to an aromatic ring is 1. The van der Waals surface area contributed by atoms with Crippen molar-refractivity contribution in [1.82, 2.24) is 4.98 Å². The van der Waals surface area contributed by atoms with Crippen molar-refractivity contribution in [3.63, 3.8) is 0 Å². The Kier molecular flexibility index (Phi) is 3.87. The Hall–Kier alpha value is -1.85. The molecule has 5 nitrogen and oxygen atoms in total. The van der Waals surface area contributed by atoms with E-state index in [-0.39, 0.29) is 13.2 Å². The second kappa shape index (κ2) is 5.42. The van der Waals surface area contributed by atoms with Gasteiger partial charge in [-0.05, 0) is 30.7 Å². The minimum absolute atomic E-state index is 0.147. The summed E-state index contributed by atoms with van der Waals surface area (Å²) in [6.45, 7) is 1.62. The summed E-state index contributed by atoms with van der Waals surface area (Å²) in [5.74, 6) is 0. The largest absolute Gasteiger partial charge is 0.397 e. The Bertz CT molecular complexity index is 559. The molecule has 5 heteroatoms. The number of hydrogen-bond acceptors (Lipinski definition) is 5. The summed E-state index contributed by atoms with van der Waals surface area (Å²) in [4.78, 5) is 4.26. The van der Waals surface area contributed by atoms with Crippen molar-refractivity contribution in [2.45, 2.75) is 18.9 Å². The molecule has 2 aromatic rings. The van der Waals surface area contributed by atoms with Crippen molar-refractivity contribution in [3.05, 3.63) is 30.5 Å². The second-order valence-electron chi connectivity index (χ2n) is 4.68. The van der Waals surface area contributed by atoms with Crippen LogP contribution in [0.3, 0.4) is 0 Å². The molecule has 1 aromatic heterocycles. The number of aliphatic hydroxyl groups excluding tert-OH is 2. The minimum Gasteiger partial charge on any atom is -0.397 e.